The number of hydrogen-bond acceptors (Lipinski definition) is 3. The van der Waals surface area contributed by atoms with Gasteiger partial charge in [-0.05, 0) is 55.0 Å². The second kappa shape index (κ2) is 8.14. The minimum atomic E-state index is 0.525. The SMILES string of the molecule is COc1cc(-c2c(C)cccc2C)nc2c1CN(c1cc(C(C)C)ccc1C)CC2. The van der Waals surface area contributed by atoms with Crippen LogP contribution in [0, 0.1) is 20.8 Å². The van der Waals surface area contributed by atoms with E-state index in [2.05, 4.69) is 82.0 Å². The van der Waals surface area contributed by atoms with Gasteiger partial charge in [-0.3, -0.25) is 4.98 Å². The summed E-state index contributed by atoms with van der Waals surface area (Å²) >= 11 is 0. The number of aryl methyl sites for hydroxylation is 3. The van der Waals surface area contributed by atoms with Crippen molar-refractivity contribution >= 4 is 5.69 Å². The van der Waals surface area contributed by atoms with Gasteiger partial charge in [-0.15, -0.1) is 0 Å². The smallest absolute Gasteiger partial charge is 0.127 e. The van der Waals surface area contributed by atoms with Crippen LogP contribution < -0.4 is 9.64 Å². The fourth-order valence-electron chi connectivity index (χ4n) is 4.55. The lowest BCUT2D eigenvalue weighted by molar-refractivity contribution is 0.406. The number of nitrogens with zero attached hydrogens (tertiary/aromatic N) is 2. The van der Waals surface area contributed by atoms with Crippen molar-refractivity contribution in [2.45, 2.75) is 53.5 Å². The number of rotatable bonds is 4. The minimum Gasteiger partial charge on any atom is -0.496 e. The van der Waals surface area contributed by atoms with Crippen molar-refractivity contribution in [2.24, 2.45) is 0 Å². The molecule has 156 valence electrons. The van der Waals surface area contributed by atoms with Crippen LogP contribution in [0.2, 0.25) is 0 Å². The van der Waals surface area contributed by atoms with Crippen molar-refractivity contribution in [3.8, 4) is 17.0 Å². The number of aromatic nitrogens is 1. The number of anilines is 1. The molecule has 0 fully saturated rings. The van der Waals surface area contributed by atoms with Gasteiger partial charge in [0, 0.05) is 42.4 Å². The molecule has 1 aliphatic rings. The molecule has 1 aromatic heterocycles. The van der Waals surface area contributed by atoms with Crippen molar-refractivity contribution < 1.29 is 4.74 Å². The molecule has 3 aromatic rings. The first-order valence-corrected chi connectivity index (χ1v) is 10.9. The second-order valence-electron chi connectivity index (χ2n) is 8.77. The zero-order valence-corrected chi connectivity index (χ0v) is 19.0. The van der Waals surface area contributed by atoms with Gasteiger partial charge in [-0.25, -0.2) is 0 Å². The van der Waals surface area contributed by atoms with E-state index in [4.69, 9.17) is 9.72 Å². The Kier molecular flexibility index (Phi) is 5.55. The molecular formula is C27H32N2O. The monoisotopic (exact) mass is 400 g/mol. The van der Waals surface area contributed by atoms with E-state index >= 15 is 0 Å². The Labute approximate surface area is 180 Å². The fraction of sp³-hybridized carbons (Fsp3) is 0.370. The average Bonchev–Trinajstić information content (AvgIpc) is 2.73. The van der Waals surface area contributed by atoms with Crippen LogP contribution in [0.5, 0.6) is 5.75 Å². The maximum Gasteiger partial charge on any atom is 0.127 e. The lowest BCUT2D eigenvalue weighted by Gasteiger charge is -2.33. The third-order valence-electron chi connectivity index (χ3n) is 6.33. The lowest BCUT2D eigenvalue weighted by atomic mass is 9.95. The number of pyridine rings is 1. The largest absolute Gasteiger partial charge is 0.496 e. The molecular weight excluding hydrogens is 368 g/mol. The molecule has 3 heteroatoms. The van der Waals surface area contributed by atoms with Gasteiger partial charge < -0.3 is 9.64 Å². The molecule has 0 saturated carbocycles. The summed E-state index contributed by atoms with van der Waals surface area (Å²) in [6.07, 6.45) is 0.926. The van der Waals surface area contributed by atoms with Crippen LogP contribution in [0.4, 0.5) is 5.69 Å². The predicted octanol–water partition coefficient (Wildman–Crippen LogP) is 6.37. The lowest BCUT2D eigenvalue weighted by Crippen LogP contribution is -2.32. The molecule has 0 unspecified atom stereocenters. The summed E-state index contributed by atoms with van der Waals surface area (Å²) in [6, 6.07) is 15.4. The number of hydrogen-bond donors (Lipinski definition) is 0. The quantitative estimate of drug-likeness (QED) is 0.509. The molecule has 30 heavy (non-hydrogen) atoms. The van der Waals surface area contributed by atoms with E-state index in [1.54, 1.807) is 7.11 Å². The predicted molar refractivity (Wildman–Crippen MR) is 126 cm³/mol. The molecule has 1 aliphatic heterocycles. The summed E-state index contributed by atoms with van der Waals surface area (Å²) in [5.74, 6) is 1.47. The first-order chi connectivity index (χ1) is 14.4. The molecule has 4 rings (SSSR count). The third-order valence-corrected chi connectivity index (χ3v) is 6.33. The first kappa shape index (κ1) is 20.5. The van der Waals surface area contributed by atoms with E-state index in [1.807, 2.05) is 0 Å². The zero-order valence-electron chi connectivity index (χ0n) is 19.0. The third kappa shape index (κ3) is 3.69. The molecule has 0 atom stereocenters. The van der Waals surface area contributed by atoms with Gasteiger partial charge in [0.2, 0.25) is 0 Å². The van der Waals surface area contributed by atoms with Gasteiger partial charge >= 0.3 is 0 Å². The summed E-state index contributed by atoms with van der Waals surface area (Å²) in [5.41, 5.74) is 11.2. The maximum atomic E-state index is 5.86. The van der Waals surface area contributed by atoms with Crippen molar-refractivity contribution in [1.29, 1.82) is 0 Å². The molecule has 0 bridgehead atoms. The van der Waals surface area contributed by atoms with Crippen LogP contribution >= 0.6 is 0 Å². The minimum absolute atomic E-state index is 0.525. The van der Waals surface area contributed by atoms with Crippen LogP contribution in [0.15, 0.2) is 42.5 Å². The summed E-state index contributed by atoms with van der Waals surface area (Å²) in [6.45, 7) is 12.8. The zero-order chi connectivity index (χ0) is 21.4. The van der Waals surface area contributed by atoms with Gasteiger partial charge in [0.1, 0.15) is 5.75 Å². The molecule has 0 N–H and O–H groups in total. The van der Waals surface area contributed by atoms with Crippen molar-refractivity contribution in [3.05, 3.63) is 76.0 Å². The molecule has 3 nitrogen and oxygen atoms in total. The highest BCUT2D eigenvalue weighted by Gasteiger charge is 2.24. The Balaban J connectivity index is 1.74. The second-order valence-corrected chi connectivity index (χ2v) is 8.77. The Bertz CT molecular complexity index is 1050. The fourth-order valence-corrected chi connectivity index (χ4v) is 4.55. The first-order valence-electron chi connectivity index (χ1n) is 10.9. The highest BCUT2D eigenvalue weighted by Crippen LogP contribution is 2.36. The Morgan fingerprint density at radius 2 is 1.70 bits per heavy atom. The summed E-state index contributed by atoms with van der Waals surface area (Å²) in [4.78, 5) is 7.58. The molecule has 2 aromatic carbocycles. The molecule has 0 saturated heterocycles. The van der Waals surface area contributed by atoms with Gasteiger partial charge in [0.25, 0.3) is 0 Å². The van der Waals surface area contributed by atoms with Gasteiger partial charge in [0.15, 0.2) is 0 Å². The van der Waals surface area contributed by atoms with Gasteiger partial charge in [0.05, 0.1) is 18.5 Å². The van der Waals surface area contributed by atoms with Crippen LogP contribution in [0.1, 0.15) is 53.3 Å². The van der Waals surface area contributed by atoms with E-state index in [1.165, 1.54) is 44.8 Å². The van der Waals surface area contributed by atoms with E-state index in [-0.39, 0.29) is 0 Å². The van der Waals surface area contributed by atoms with Crippen molar-refractivity contribution in [1.82, 2.24) is 4.98 Å². The summed E-state index contributed by atoms with van der Waals surface area (Å²) < 4.78 is 5.86. The highest BCUT2D eigenvalue weighted by atomic mass is 16.5. The Morgan fingerprint density at radius 3 is 2.37 bits per heavy atom. The molecule has 0 spiro atoms. The molecule has 0 radical (unpaired) electrons. The van der Waals surface area contributed by atoms with E-state index < -0.39 is 0 Å². The maximum absolute atomic E-state index is 5.86. The van der Waals surface area contributed by atoms with Gasteiger partial charge in [-0.2, -0.15) is 0 Å². The number of ether oxygens (including phenoxy) is 1. The van der Waals surface area contributed by atoms with Crippen molar-refractivity contribution in [2.75, 3.05) is 18.6 Å². The van der Waals surface area contributed by atoms with Crippen molar-refractivity contribution in [3.63, 3.8) is 0 Å². The average molecular weight is 401 g/mol. The van der Waals surface area contributed by atoms with Crippen LogP contribution in [-0.4, -0.2) is 18.6 Å². The normalized spacial score (nSPS) is 13.5. The summed E-state index contributed by atoms with van der Waals surface area (Å²) in [7, 11) is 1.77. The van der Waals surface area contributed by atoms with E-state index in [0.717, 1.165) is 31.0 Å². The van der Waals surface area contributed by atoms with E-state index in [0.29, 0.717) is 5.92 Å². The van der Waals surface area contributed by atoms with Crippen LogP contribution in [-0.2, 0) is 13.0 Å². The number of benzene rings is 2. The molecule has 2 heterocycles. The summed E-state index contributed by atoms with van der Waals surface area (Å²) in [5, 5.41) is 0. The van der Waals surface area contributed by atoms with Crippen LogP contribution in [0.25, 0.3) is 11.3 Å². The van der Waals surface area contributed by atoms with Gasteiger partial charge in [-0.1, -0.05) is 44.2 Å². The Morgan fingerprint density at radius 1 is 0.967 bits per heavy atom. The standard InChI is InChI=1S/C27H32N2O/c1-17(2)21-11-10-18(3)25(14-21)29-13-12-23-22(16-29)26(30-6)15-24(28-23)27-19(4)8-7-9-20(27)5/h7-11,14-15,17H,12-13,16H2,1-6H3. The molecule has 0 amide bonds. The van der Waals surface area contributed by atoms with Crippen LogP contribution in [0.3, 0.4) is 0 Å². The Hall–Kier alpha value is -2.81. The number of methoxy groups -OCH3 is 1. The highest BCUT2D eigenvalue weighted by molar-refractivity contribution is 5.70. The topological polar surface area (TPSA) is 25.4 Å². The molecule has 0 aliphatic carbocycles. The number of fused-ring (bicyclic) bond motifs is 1. The van der Waals surface area contributed by atoms with E-state index in [9.17, 15) is 0 Å².